The van der Waals surface area contributed by atoms with Gasteiger partial charge in [0.1, 0.15) is 0 Å². The van der Waals surface area contributed by atoms with E-state index in [1.165, 1.54) is 12.8 Å². The monoisotopic (exact) mass is 550 g/mol. The second kappa shape index (κ2) is 29.7. The lowest BCUT2D eigenvalue weighted by atomic mass is 9.81. The normalized spacial score (nSPS) is 10.6. The molecule has 0 aliphatic carbocycles. The topological polar surface area (TPSA) is 90.2 Å². The van der Waals surface area contributed by atoms with E-state index in [0.717, 1.165) is 22.2 Å². The highest BCUT2D eigenvalue weighted by molar-refractivity contribution is 6.58. The van der Waals surface area contributed by atoms with Crippen molar-refractivity contribution in [2.24, 2.45) is 0 Å². The van der Waals surface area contributed by atoms with Gasteiger partial charge in [-0.05, 0) is 23.8 Å². The maximum absolute atomic E-state index is 8.58. The van der Waals surface area contributed by atoms with Crippen LogP contribution in [0.15, 0.2) is 60.7 Å². The van der Waals surface area contributed by atoms with Gasteiger partial charge in [-0.15, -0.1) is 0 Å². The van der Waals surface area contributed by atoms with Crippen LogP contribution < -0.4 is 20.3 Å². The molecular weight excluding hydrogens is 492 g/mol. The van der Waals surface area contributed by atoms with E-state index in [1.54, 1.807) is 48.5 Å². The quantitative estimate of drug-likeness (QED) is 0.227. The Hall–Kier alpha value is -1.85. The zero-order chi connectivity index (χ0) is 25.9. The third-order valence-electron chi connectivity index (χ3n) is 3.02. The van der Waals surface area contributed by atoms with Crippen LogP contribution >= 0.6 is 0 Å². The van der Waals surface area contributed by atoms with Crippen LogP contribution in [0, 0.1) is 0 Å². The highest BCUT2D eigenvalue weighted by Crippen LogP contribution is 1.98. The fraction of sp³-hybridized carbons (Fsp3) is 0.556. The van der Waals surface area contributed by atoms with E-state index < -0.39 is 14.2 Å². The number of hydrogen-bond acceptors (Lipinski definition) is 5. The number of hydrogen-bond donors (Lipinski definition) is 4. The zero-order valence-electron chi connectivity index (χ0n) is 22.6. The molecule has 7 nitrogen and oxygen atoms in total. The van der Waals surface area contributed by atoms with Crippen molar-refractivity contribution in [3.63, 3.8) is 0 Å². The first-order valence-corrected chi connectivity index (χ1v) is 11.1. The average Bonchev–Trinajstić information content (AvgIpc) is 3.27. The summed E-state index contributed by atoms with van der Waals surface area (Å²) in [6.45, 7) is 2.00. The lowest BCUT2D eigenvalue weighted by molar-refractivity contribution is -0.849. The smallest absolute Gasteiger partial charge is 0.488 e. The van der Waals surface area contributed by atoms with Gasteiger partial charge in [-0.3, -0.25) is 0 Å². The van der Waals surface area contributed by atoms with Crippen LogP contribution in [-0.4, -0.2) is 113 Å². The molecule has 1 aliphatic heterocycles. The Morgan fingerprint density at radius 3 is 0.842 bits per heavy atom. The molecule has 2 aromatic carbocycles. The standard InChI is InChI=1S/2C6H7BO2.2C4H12N.C4H8O.3CH4.2FH/c2*8-7(9)6-4-2-1-3-5-6;2*1-5(2,3)4;1-2-4-5-3-1;;;;;/h2*1-5,8-9H;2*1-4H3;1-4H2;3*1H4;2*1H/q;;2*+1;;;;;;/p-2. The third-order valence-corrected chi connectivity index (χ3v) is 3.02. The van der Waals surface area contributed by atoms with Crippen molar-refractivity contribution in [1.29, 1.82) is 0 Å². The van der Waals surface area contributed by atoms with Crippen molar-refractivity contribution < 1.29 is 43.2 Å². The second-order valence-electron chi connectivity index (χ2n) is 10.3. The van der Waals surface area contributed by atoms with Gasteiger partial charge in [0.15, 0.2) is 0 Å². The fourth-order valence-electron chi connectivity index (χ4n) is 1.76. The highest BCUT2D eigenvalue weighted by Gasteiger charge is 2.08. The van der Waals surface area contributed by atoms with Gasteiger partial charge >= 0.3 is 14.2 Å². The summed E-state index contributed by atoms with van der Waals surface area (Å²) < 4.78 is 6.94. The van der Waals surface area contributed by atoms with E-state index in [0.29, 0.717) is 10.9 Å². The van der Waals surface area contributed by atoms with Gasteiger partial charge in [-0.25, -0.2) is 0 Å². The summed E-state index contributed by atoms with van der Waals surface area (Å²) in [6.07, 6.45) is 2.56. The molecular formula is C27H58B2F2N2O5. The number of benzene rings is 2. The summed E-state index contributed by atoms with van der Waals surface area (Å²) in [6, 6.07) is 17.3. The molecule has 1 heterocycles. The number of halogens is 2. The minimum absolute atomic E-state index is 0. The molecule has 4 N–H and O–H groups in total. The molecule has 0 bridgehead atoms. The third kappa shape index (κ3) is 50.9. The molecule has 0 spiro atoms. The van der Waals surface area contributed by atoms with Crippen LogP contribution in [0.4, 0.5) is 0 Å². The summed E-state index contributed by atoms with van der Waals surface area (Å²) >= 11 is 0. The van der Waals surface area contributed by atoms with Gasteiger partial charge < -0.3 is 43.2 Å². The molecule has 226 valence electrons. The Labute approximate surface area is 233 Å². The predicted molar refractivity (Wildman–Crippen MR) is 161 cm³/mol. The first kappa shape index (κ1) is 52.6. The Morgan fingerprint density at radius 1 is 0.526 bits per heavy atom. The minimum Gasteiger partial charge on any atom is -1.00 e. The van der Waals surface area contributed by atoms with E-state index in [4.69, 9.17) is 24.8 Å². The lowest BCUT2D eigenvalue weighted by Gasteiger charge is -2.14. The average molecular weight is 550 g/mol. The van der Waals surface area contributed by atoms with Crippen molar-refractivity contribution in [3.05, 3.63) is 60.7 Å². The summed E-state index contributed by atoms with van der Waals surface area (Å²) in [5, 5.41) is 34.3. The summed E-state index contributed by atoms with van der Waals surface area (Å²) in [7, 11) is 14.3. The van der Waals surface area contributed by atoms with Gasteiger partial charge in [0.2, 0.25) is 0 Å². The maximum atomic E-state index is 8.58. The maximum Gasteiger partial charge on any atom is 0.488 e. The molecule has 0 unspecified atom stereocenters. The van der Waals surface area contributed by atoms with Gasteiger partial charge in [0.25, 0.3) is 0 Å². The van der Waals surface area contributed by atoms with Crippen LogP contribution in [-0.2, 0) is 4.74 Å². The Balaban J connectivity index is -0.0000000629. The van der Waals surface area contributed by atoms with Gasteiger partial charge in [-0.2, -0.15) is 0 Å². The first-order valence-electron chi connectivity index (χ1n) is 11.1. The number of rotatable bonds is 2. The van der Waals surface area contributed by atoms with E-state index >= 15 is 0 Å². The van der Waals surface area contributed by atoms with Crippen molar-refractivity contribution in [2.45, 2.75) is 35.1 Å². The molecule has 3 rings (SSSR count). The van der Waals surface area contributed by atoms with E-state index in [1.807, 2.05) is 12.1 Å². The number of ether oxygens (including phenoxy) is 1. The number of nitrogens with zero attached hydrogens (tertiary/aromatic N) is 2. The zero-order valence-corrected chi connectivity index (χ0v) is 22.6. The molecule has 1 aliphatic rings. The molecule has 1 fully saturated rings. The second-order valence-corrected chi connectivity index (χ2v) is 10.3. The number of quaternary nitrogens is 2. The van der Waals surface area contributed by atoms with Crippen LogP contribution in [0.5, 0.6) is 0 Å². The van der Waals surface area contributed by atoms with E-state index in [-0.39, 0.29) is 31.7 Å². The van der Waals surface area contributed by atoms with E-state index in [9.17, 15) is 0 Å². The summed E-state index contributed by atoms with van der Waals surface area (Å²) in [4.78, 5) is 0. The largest absolute Gasteiger partial charge is 1.00 e. The highest BCUT2D eigenvalue weighted by atomic mass is 19.0. The van der Waals surface area contributed by atoms with E-state index in [2.05, 4.69) is 56.4 Å². The molecule has 38 heavy (non-hydrogen) atoms. The van der Waals surface area contributed by atoms with Crippen LogP contribution in [0.1, 0.15) is 35.1 Å². The van der Waals surface area contributed by atoms with Crippen molar-refractivity contribution in [3.8, 4) is 0 Å². The Morgan fingerprint density at radius 2 is 0.737 bits per heavy atom. The summed E-state index contributed by atoms with van der Waals surface area (Å²) in [5.74, 6) is 0. The SMILES string of the molecule is C.C.C.C1CCOC1.C[N+](C)(C)C.C[N+](C)(C)C.OB(O)c1ccccc1.OB(O)c1ccccc1.[F-].[F-]. The fourth-order valence-corrected chi connectivity index (χ4v) is 1.76. The molecule has 2 aromatic rings. The van der Waals surface area contributed by atoms with Gasteiger partial charge in [0.05, 0.1) is 56.4 Å². The van der Waals surface area contributed by atoms with Crippen LogP contribution in [0.2, 0.25) is 0 Å². The molecule has 0 saturated carbocycles. The Bertz CT molecular complexity index is 610. The lowest BCUT2D eigenvalue weighted by Crippen LogP contribution is -3.00. The molecule has 11 heteroatoms. The van der Waals surface area contributed by atoms with Crippen molar-refractivity contribution in [1.82, 2.24) is 0 Å². The van der Waals surface area contributed by atoms with Crippen molar-refractivity contribution >= 4 is 25.2 Å². The van der Waals surface area contributed by atoms with Gasteiger partial charge in [-0.1, -0.05) is 82.9 Å². The molecule has 0 aromatic heterocycles. The van der Waals surface area contributed by atoms with Crippen molar-refractivity contribution in [2.75, 3.05) is 69.6 Å². The molecule has 0 amide bonds. The first-order chi connectivity index (χ1) is 15.1. The Kier molecular flexibility index (Phi) is 41.1. The summed E-state index contributed by atoms with van der Waals surface area (Å²) in [5.41, 5.74) is 1.05. The molecule has 0 radical (unpaired) electrons. The molecule has 0 atom stereocenters. The predicted octanol–water partition coefficient (Wildman–Crippen LogP) is -3.91. The van der Waals surface area contributed by atoms with Crippen LogP contribution in [0.3, 0.4) is 0 Å². The van der Waals surface area contributed by atoms with Crippen LogP contribution in [0.25, 0.3) is 0 Å². The minimum atomic E-state index is -1.34. The molecule has 1 saturated heterocycles. The van der Waals surface area contributed by atoms with Gasteiger partial charge in [0, 0.05) is 13.2 Å².